The molecule has 0 heterocycles. The van der Waals surface area contributed by atoms with E-state index in [1.165, 1.54) is 5.01 Å². The second-order valence-corrected chi connectivity index (χ2v) is 7.45. The third kappa shape index (κ3) is 4.60. The van der Waals surface area contributed by atoms with Gasteiger partial charge < -0.3 is 0 Å². The van der Waals surface area contributed by atoms with Crippen LogP contribution in [0.4, 0.5) is 0 Å². The molecule has 0 atom stereocenters. The highest BCUT2D eigenvalue weighted by molar-refractivity contribution is 5.99. The number of aryl methyl sites for hydroxylation is 2. The van der Waals surface area contributed by atoms with Crippen molar-refractivity contribution >= 4 is 17.9 Å². The first kappa shape index (κ1) is 19.4. The molecule has 136 valence electrons. The van der Waals surface area contributed by atoms with Crippen molar-refractivity contribution in [3.05, 3.63) is 76.9 Å². The van der Waals surface area contributed by atoms with Gasteiger partial charge in [-0.3, -0.25) is 15.0 Å². The van der Waals surface area contributed by atoms with Gasteiger partial charge in [-0.25, -0.2) is 5.01 Å². The van der Waals surface area contributed by atoms with E-state index in [1.54, 1.807) is 18.2 Å². The van der Waals surface area contributed by atoms with Crippen molar-refractivity contribution in [2.45, 2.75) is 40.2 Å². The van der Waals surface area contributed by atoms with Crippen LogP contribution in [-0.4, -0.2) is 22.4 Å². The van der Waals surface area contributed by atoms with Crippen LogP contribution >= 0.6 is 0 Å². The van der Waals surface area contributed by atoms with E-state index in [4.69, 9.17) is 0 Å². The molecule has 2 amide bonds. The fourth-order valence-electron chi connectivity index (χ4n) is 2.69. The first-order chi connectivity index (χ1) is 12.1. The summed E-state index contributed by atoms with van der Waals surface area (Å²) in [6, 6.07) is 12.7. The van der Waals surface area contributed by atoms with Crippen LogP contribution < -0.4 is 5.43 Å². The van der Waals surface area contributed by atoms with Gasteiger partial charge in [-0.1, -0.05) is 42.0 Å². The SMILES string of the molecule is C=Cc1ccc(C(=O)NN(C(=O)c2cc(C)cc(C)c2)C(C)(C)C)cc1. The lowest BCUT2D eigenvalue weighted by atomic mass is 10.0. The first-order valence-corrected chi connectivity index (χ1v) is 8.58. The number of hydrogen-bond donors (Lipinski definition) is 1. The van der Waals surface area contributed by atoms with Crippen molar-refractivity contribution < 1.29 is 9.59 Å². The molecule has 0 radical (unpaired) electrons. The van der Waals surface area contributed by atoms with E-state index in [9.17, 15) is 9.59 Å². The second-order valence-electron chi connectivity index (χ2n) is 7.45. The van der Waals surface area contributed by atoms with Crippen molar-refractivity contribution in [3.63, 3.8) is 0 Å². The summed E-state index contributed by atoms with van der Waals surface area (Å²) in [6.45, 7) is 13.3. The average Bonchev–Trinajstić information content (AvgIpc) is 2.57. The lowest BCUT2D eigenvalue weighted by molar-refractivity contribution is 0.0358. The molecule has 0 aliphatic rings. The molecule has 0 spiro atoms. The lowest BCUT2D eigenvalue weighted by Crippen LogP contribution is -2.55. The Kier molecular flexibility index (Phi) is 5.66. The maximum Gasteiger partial charge on any atom is 0.272 e. The molecule has 2 aromatic carbocycles. The monoisotopic (exact) mass is 350 g/mol. The highest BCUT2D eigenvalue weighted by Crippen LogP contribution is 2.18. The van der Waals surface area contributed by atoms with Crippen LogP contribution in [-0.2, 0) is 0 Å². The van der Waals surface area contributed by atoms with Crippen molar-refractivity contribution in [1.82, 2.24) is 10.4 Å². The maximum absolute atomic E-state index is 13.1. The molecule has 2 aromatic rings. The van der Waals surface area contributed by atoms with Gasteiger partial charge in [-0.2, -0.15) is 0 Å². The van der Waals surface area contributed by atoms with E-state index >= 15 is 0 Å². The molecule has 0 saturated heterocycles. The Balaban J connectivity index is 2.30. The predicted octanol–water partition coefficient (Wildman–Crippen LogP) is 4.53. The minimum atomic E-state index is -0.578. The predicted molar refractivity (Wildman–Crippen MR) is 106 cm³/mol. The van der Waals surface area contributed by atoms with Gasteiger partial charge in [-0.05, 0) is 64.4 Å². The number of nitrogens with one attached hydrogen (secondary N) is 1. The summed E-state index contributed by atoms with van der Waals surface area (Å²) in [5.41, 5.74) is 6.18. The van der Waals surface area contributed by atoms with Crippen LogP contribution in [0.25, 0.3) is 6.08 Å². The van der Waals surface area contributed by atoms with Crippen molar-refractivity contribution in [1.29, 1.82) is 0 Å². The van der Waals surface area contributed by atoms with Crippen molar-refractivity contribution in [3.8, 4) is 0 Å². The number of hydrogen-bond acceptors (Lipinski definition) is 2. The molecule has 0 fully saturated rings. The Hall–Kier alpha value is -2.88. The first-order valence-electron chi connectivity index (χ1n) is 8.58. The number of rotatable bonds is 3. The zero-order valence-corrected chi connectivity index (χ0v) is 16.1. The van der Waals surface area contributed by atoms with E-state index in [2.05, 4.69) is 12.0 Å². The summed E-state index contributed by atoms with van der Waals surface area (Å²) in [6.07, 6.45) is 1.72. The van der Waals surface area contributed by atoms with Gasteiger partial charge in [-0.15, -0.1) is 0 Å². The fraction of sp³-hybridized carbons (Fsp3) is 0.273. The molecular weight excluding hydrogens is 324 g/mol. The van der Waals surface area contributed by atoms with Crippen molar-refractivity contribution in [2.75, 3.05) is 0 Å². The molecule has 0 aliphatic carbocycles. The summed E-state index contributed by atoms with van der Waals surface area (Å²) in [7, 11) is 0. The molecule has 0 saturated carbocycles. The van der Waals surface area contributed by atoms with Gasteiger partial charge in [0.1, 0.15) is 0 Å². The third-order valence-corrected chi connectivity index (χ3v) is 3.96. The van der Waals surface area contributed by atoms with E-state index in [0.717, 1.165) is 16.7 Å². The van der Waals surface area contributed by atoms with Gasteiger partial charge in [0.15, 0.2) is 0 Å². The number of hydrazine groups is 1. The minimum absolute atomic E-state index is 0.236. The lowest BCUT2D eigenvalue weighted by Gasteiger charge is -2.35. The largest absolute Gasteiger partial charge is 0.272 e. The van der Waals surface area contributed by atoms with E-state index in [-0.39, 0.29) is 11.8 Å². The molecule has 0 unspecified atom stereocenters. The molecule has 4 nitrogen and oxygen atoms in total. The summed E-state index contributed by atoms with van der Waals surface area (Å²) in [5.74, 6) is -0.561. The van der Waals surface area contributed by atoms with Gasteiger partial charge in [0, 0.05) is 11.1 Å². The second kappa shape index (κ2) is 7.56. The number of nitrogens with zero attached hydrogens (tertiary/aromatic N) is 1. The van der Waals surface area contributed by atoms with E-state index < -0.39 is 5.54 Å². The molecule has 1 N–H and O–H groups in total. The quantitative estimate of drug-likeness (QED) is 0.827. The van der Waals surface area contributed by atoms with Gasteiger partial charge in [0.25, 0.3) is 11.8 Å². The fourth-order valence-corrected chi connectivity index (χ4v) is 2.69. The summed E-state index contributed by atoms with van der Waals surface area (Å²) in [4.78, 5) is 25.7. The van der Waals surface area contributed by atoms with Crippen LogP contribution in [0.5, 0.6) is 0 Å². The maximum atomic E-state index is 13.1. The Morgan fingerprint density at radius 1 is 0.962 bits per heavy atom. The summed E-state index contributed by atoms with van der Waals surface area (Å²) in [5, 5.41) is 1.39. The molecule has 2 rings (SSSR count). The standard InChI is InChI=1S/C22H26N2O2/c1-7-17-8-10-18(11-9-17)20(25)23-24(22(4,5)6)21(26)19-13-15(2)12-16(3)14-19/h7-14H,1H2,2-6H3,(H,23,25). The molecular formula is C22H26N2O2. The normalized spacial score (nSPS) is 11.0. The highest BCUT2D eigenvalue weighted by Gasteiger charge is 2.29. The average molecular weight is 350 g/mol. The van der Waals surface area contributed by atoms with Crippen LogP contribution in [0.1, 0.15) is 58.2 Å². The Morgan fingerprint density at radius 2 is 1.50 bits per heavy atom. The Labute approximate surface area is 155 Å². The van der Waals surface area contributed by atoms with Crippen LogP contribution in [0.3, 0.4) is 0 Å². The van der Waals surface area contributed by atoms with Gasteiger partial charge >= 0.3 is 0 Å². The molecule has 0 bridgehead atoms. The van der Waals surface area contributed by atoms with Crippen molar-refractivity contribution in [2.24, 2.45) is 0 Å². The number of benzene rings is 2. The van der Waals surface area contributed by atoms with E-state index in [0.29, 0.717) is 11.1 Å². The third-order valence-electron chi connectivity index (χ3n) is 3.96. The summed E-state index contributed by atoms with van der Waals surface area (Å²) >= 11 is 0. The number of carbonyl (C=O) groups excluding carboxylic acids is 2. The smallest absolute Gasteiger partial charge is 0.267 e. The summed E-state index contributed by atoms with van der Waals surface area (Å²) < 4.78 is 0. The Bertz CT molecular complexity index is 810. The Morgan fingerprint density at radius 3 is 1.96 bits per heavy atom. The van der Waals surface area contributed by atoms with E-state index in [1.807, 2.05) is 65.0 Å². The zero-order chi connectivity index (χ0) is 19.5. The zero-order valence-electron chi connectivity index (χ0n) is 16.1. The molecule has 0 aromatic heterocycles. The highest BCUT2D eigenvalue weighted by atomic mass is 16.2. The molecule has 4 heteroatoms. The number of amides is 2. The van der Waals surface area contributed by atoms with Crippen LogP contribution in [0.15, 0.2) is 49.0 Å². The van der Waals surface area contributed by atoms with Gasteiger partial charge in [0.2, 0.25) is 0 Å². The molecule has 0 aliphatic heterocycles. The molecule has 26 heavy (non-hydrogen) atoms. The number of carbonyl (C=O) groups is 2. The minimum Gasteiger partial charge on any atom is -0.267 e. The van der Waals surface area contributed by atoms with Crippen LogP contribution in [0, 0.1) is 13.8 Å². The topological polar surface area (TPSA) is 49.4 Å². The van der Waals surface area contributed by atoms with Crippen LogP contribution in [0.2, 0.25) is 0 Å². The van der Waals surface area contributed by atoms with Gasteiger partial charge in [0.05, 0.1) is 5.54 Å².